The lowest BCUT2D eigenvalue weighted by atomic mass is 10.1. The number of amides is 4. The summed E-state index contributed by atoms with van der Waals surface area (Å²) in [7, 11) is -3.17. The van der Waals surface area contributed by atoms with Crippen molar-refractivity contribution >= 4 is 27.7 Å². The third kappa shape index (κ3) is 3.98. The van der Waals surface area contributed by atoms with Crippen LogP contribution < -0.4 is 5.32 Å². The molecule has 2 fully saturated rings. The van der Waals surface area contributed by atoms with Crippen LogP contribution in [0.1, 0.15) is 12.0 Å². The van der Waals surface area contributed by atoms with Gasteiger partial charge in [0.05, 0.1) is 18.1 Å². The molecule has 0 saturated carbocycles. The lowest BCUT2D eigenvalue weighted by molar-refractivity contribution is -0.138. The van der Waals surface area contributed by atoms with E-state index >= 15 is 0 Å². The number of hydrogen-bond acceptors (Lipinski definition) is 5. The summed E-state index contributed by atoms with van der Waals surface area (Å²) in [5, 5.41) is 2.37. The topological polar surface area (TPSA) is 104 Å². The Balaban J connectivity index is 1.79. The van der Waals surface area contributed by atoms with Crippen LogP contribution in [0, 0.1) is 0 Å². The molecule has 8 nitrogen and oxygen atoms in total. The minimum absolute atomic E-state index is 0.0410. The molecule has 4 amide bonds. The Kier molecular flexibility index (Phi) is 4.76. The van der Waals surface area contributed by atoms with E-state index < -0.39 is 33.7 Å². The van der Waals surface area contributed by atoms with E-state index in [9.17, 15) is 22.8 Å². The fraction of sp³-hybridized carbons (Fsp3) is 0.438. The number of nitrogens with zero attached hydrogens (tertiary/aromatic N) is 2. The Labute approximate surface area is 145 Å². The van der Waals surface area contributed by atoms with Gasteiger partial charge >= 0.3 is 6.03 Å². The first-order valence-electron chi connectivity index (χ1n) is 7.98. The van der Waals surface area contributed by atoms with Gasteiger partial charge in [0.15, 0.2) is 9.84 Å². The molecule has 0 spiro atoms. The minimum Gasteiger partial charge on any atom is -0.333 e. The van der Waals surface area contributed by atoms with Crippen molar-refractivity contribution < 1.29 is 22.8 Å². The van der Waals surface area contributed by atoms with Crippen molar-refractivity contribution in [1.29, 1.82) is 0 Å². The first-order valence-corrected chi connectivity index (χ1v) is 9.80. The van der Waals surface area contributed by atoms with Crippen LogP contribution in [-0.4, -0.2) is 66.7 Å². The fourth-order valence-electron chi connectivity index (χ4n) is 3.06. The monoisotopic (exact) mass is 365 g/mol. The van der Waals surface area contributed by atoms with Gasteiger partial charge in [-0.05, 0) is 12.0 Å². The van der Waals surface area contributed by atoms with Gasteiger partial charge in [-0.1, -0.05) is 30.3 Å². The molecule has 25 heavy (non-hydrogen) atoms. The van der Waals surface area contributed by atoms with Crippen LogP contribution in [0.15, 0.2) is 30.3 Å². The van der Waals surface area contributed by atoms with E-state index in [1.54, 1.807) is 0 Å². The van der Waals surface area contributed by atoms with Crippen molar-refractivity contribution in [3.05, 3.63) is 35.9 Å². The smallest absolute Gasteiger partial charge is 0.325 e. The summed E-state index contributed by atoms with van der Waals surface area (Å²) in [4.78, 5) is 38.4. The first-order chi connectivity index (χ1) is 11.9. The van der Waals surface area contributed by atoms with Crippen LogP contribution in [0.5, 0.6) is 0 Å². The maximum atomic E-state index is 12.7. The van der Waals surface area contributed by atoms with Crippen molar-refractivity contribution in [2.75, 3.05) is 24.6 Å². The molecule has 1 atom stereocenters. The molecular formula is C16H19N3O5S. The number of carbonyl (C=O) groups excluding carboxylic acids is 3. The summed E-state index contributed by atoms with van der Waals surface area (Å²) in [5.74, 6) is -0.946. The molecule has 0 radical (unpaired) electrons. The summed E-state index contributed by atoms with van der Waals surface area (Å²) < 4.78 is 23.6. The molecule has 2 aliphatic heterocycles. The largest absolute Gasteiger partial charge is 0.333 e. The highest BCUT2D eigenvalue weighted by Gasteiger charge is 2.37. The highest BCUT2D eigenvalue weighted by Crippen LogP contribution is 2.21. The molecule has 0 bridgehead atoms. The van der Waals surface area contributed by atoms with Gasteiger partial charge in [0.1, 0.15) is 6.54 Å². The summed E-state index contributed by atoms with van der Waals surface area (Å²) in [6.45, 7) is -0.264. The first kappa shape index (κ1) is 17.4. The number of benzene rings is 1. The third-order valence-corrected chi connectivity index (χ3v) is 6.15. The quantitative estimate of drug-likeness (QED) is 0.725. The summed E-state index contributed by atoms with van der Waals surface area (Å²) in [6.07, 6.45) is 0.362. The number of imide groups is 1. The van der Waals surface area contributed by atoms with E-state index in [1.165, 1.54) is 4.90 Å². The molecule has 0 aliphatic carbocycles. The second-order valence-corrected chi connectivity index (χ2v) is 8.43. The predicted molar refractivity (Wildman–Crippen MR) is 89.2 cm³/mol. The lowest BCUT2D eigenvalue weighted by Crippen LogP contribution is -2.47. The van der Waals surface area contributed by atoms with E-state index in [0.29, 0.717) is 6.42 Å². The third-order valence-electron chi connectivity index (χ3n) is 4.40. The number of hydrogen-bond donors (Lipinski definition) is 1. The Morgan fingerprint density at radius 1 is 1.24 bits per heavy atom. The molecule has 134 valence electrons. The SMILES string of the molecule is O=C1CNC(=O)N1CC(=O)N(Cc1ccccc1)[C@@H]1CCS(=O)(=O)C1. The van der Waals surface area contributed by atoms with Crippen molar-refractivity contribution in [1.82, 2.24) is 15.1 Å². The molecule has 3 rings (SSSR count). The average Bonchev–Trinajstić information content (AvgIpc) is 3.09. The lowest BCUT2D eigenvalue weighted by Gasteiger charge is -2.29. The summed E-state index contributed by atoms with van der Waals surface area (Å²) in [5.41, 5.74) is 0.859. The Morgan fingerprint density at radius 2 is 1.96 bits per heavy atom. The Bertz CT molecular complexity index is 777. The molecule has 2 saturated heterocycles. The molecular weight excluding hydrogens is 346 g/mol. The van der Waals surface area contributed by atoms with E-state index in [1.807, 2.05) is 30.3 Å². The molecule has 0 unspecified atom stereocenters. The average molecular weight is 365 g/mol. The predicted octanol–water partition coefficient (Wildman–Crippen LogP) is -0.246. The standard InChI is InChI=1S/C16H19N3O5S/c20-14-8-17-16(22)19(14)10-15(21)18(9-12-4-2-1-3-5-12)13-6-7-25(23,24)11-13/h1-5,13H,6-11H2,(H,17,22)/t13-/m1/s1. The number of sulfone groups is 1. The number of urea groups is 1. The van der Waals surface area contributed by atoms with Gasteiger partial charge in [-0.25, -0.2) is 13.2 Å². The molecule has 2 heterocycles. The van der Waals surface area contributed by atoms with E-state index in [-0.39, 0.29) is 31.1 Å². The zero-order valence-corrected chi connectivity index (χ0v) is 14.4. The van der Waals surface area contributed by atoms with E-state index in [2.05, 4.69) is 5.32 Å². The second kappa shape index (κ2) is 6.83. The second-order valence-electron chi connectivity index (χ2n) is 6.20. The van der Waals surface area contributed by atoms with Gasteiger partial charge < -0.3 is 10.2 Å². The normalized spacial score (nSPS) is 22.1. The van der Waals surface area contributed by atoms with E-state index in [0.717, 1.165) is 10.5 Å². The maximum Gasteiger partial charge on any atom is 0.325 e. The molecule has 0 aromatic heterocycles. The highest BCUT2D eigenvalue weighted by atomic mass is 32.2. The minimum atomic E-state index is -3.17. The van der Waals surface area contributed by atoms with Gasteiger partial charge in [-0.3, -0.25) is 14.5 Å². The van der Waals surface area contributed by atoms with Crippen molar-refractivity contribution in [3.63, 3.8) is 0 Å². The molecule has 9 heteroatoms. The summed E-state index contributed by atoms with van der Waals surface area (Å²) in [6, 6.07) is 8.16. The van der Waals surface area contributed by atoms with Crippen LogP contribution in [0.4, 0.5) is 4.79 Å². The zero-order valence-electron chi connectivity index (χ0n) is 13.6. The van der Waals surface area contributed by atoms with Crippen LogP contribution in [-0.2, 0) is 26.0 Å². The van der Waals surface area contributed by atoms with Crippen molar-refractivity contribution in [2.24, 2.45) is 0 Å². The number of rotatable bonds is 5. The molecule has 2 aliphatic rings. The molecule has 1 N–H and O–H groups in total. The Morgan fingerprint density at radius 3 is 2.52 bits per heavy atom. The van der Waals surface area contributed by atoms with Crippen LogP contribution in [0.25, 0.3) is 0 Å². The van der Waals surface area contributed by atoms with Gasteiger partial charge in [-0.2, -0.15) is 0 Å². The van der Waals surface area contributed by atoms with Gasteiger partial charge in [0, 0.05) is 12.6 Å². The van der Waals surface area contributed by atoms with Gasteiger partial charge in [0.2, 0.25) is 5.91 Å². The fourth-order valence-corrected chi connectivity index (χ4v) is 4.79. The van der Waals surface area contributed by atoms with Crippen LogP contribution in [0.2, 0.25) is 0 Å². The highest BCUT2D eigenvalue weighted by molar-refractivity contribution is 7.91. The van der Waals surface area contributed by atoms with Crippen LogP contribution in [0.3, 0.4) is 0 Å². The maximum absolute atomic E-state index is 12.7. The van der Waals surface area contributed by atoms with Crippen molar-refractivity contribution in [2.45, 2.75) is 19.0 Å². The molecule has 1 aromatic carbocycles. The Hall–Kier alpha value is -2.42. The van der Waals surface area contributed by atoms with Gasteiger partial charge in [0.25, 0.3) is 5.91 Å². The van der Waals surface area contributed by atoms with Crippen molar-refractivity contribution in [3.8, 4) is 0 Å². The van der Waals surface area contributed by atoms with Crippen LogP contribution >= 0.6 is 0 Å². The van der Waals surface area contributed by atoms with Gasteiger partial charge in [-0.15, -0.1) is 0 Å². The molecule has 1 aromatic rings. The summed E-state index contributed by atoms with van der Waals surface area (Å²) >= 11 is 0. The van der Waals surface area contributed by atoms with E-state index in [4.69, 9.17) is 0 Å². The zero-order chi connectivity index (χ0) is 18.0. The number of carbonyl (C=O) groups is 3. The number of nitrogens with one attached hydrogen (secondary N) is 1.